The van der Waals surface area contributed by atoms with Gasteiger partial charge >= 0.3 is 0 Å². The van der Waals surface area contributed by atoms with Crippen molar-refractivity contribution < 1.29 is 19.4 Å². The van der Waals surface area contributed by atoms with Crippen molar-refractivity contribution >= 4 is 6.29 Å². The molecule has 0 aromatic heterocycles. The molecule has 0 atom stereocenters. The Morgan fingerprint density at radius 3 is 2.50 bits per heavy atom. The zero-order valence-electron chi connectivity index (χ0n) is 7.53. The molecule has 2 rings (SSSR count). The van der Waals surface area contributed by atoms with E-state index >= 15 is 0 Å². The highest BCUT2D eigenvalue weighted by Crippen LogP contribution is 2.34. The van der Waals surface area contributed by atoms with Crippen LogP contribution in [0.4, 0.5) is 0 Å². The van der Waals surface area contributed by atoms with Crippen LogP contribution in [0.3, 0.4) is 0 Å². The first kappa shape index (κ1) is 8.87. The van der Waals surface area contributed by atoms with Crippen molar-refractivity contribution in [3.63, 3.8) is 0 Å². The summed E-state index contributed by atoms with van der Waals surface area (Å²) >= 11 is 0. The molecular weight excluding hydrogens is 184 g/mol. The number of hydrogen-bond donors (Lipinski definition) is 1. The van der Waals surface area contributed by atoms with Crippen LogP contribution in [0.25, 0.3) is 0 Å². The minimum absolute atomic E-state index is 0.0794. The van der Waals surface area contributed by atoms with Gasteiger partial charge in [-0.3, -0.25) is 4.79 Å². The lowest BCUT2D eigenvalue weighted by atomic mass is 10.2. The maximum Gasteiger partial charge on any atom is 0.164 e. The Balaban J connectivity index is 2.45. The molecule has 74 valence electrons. The largest absolute Gasteiger partial charge is 0.507 e. The Morgan fingerprint density at radius 2 is 1.86 bits per heavy atom. The monoisotopic (exact) mass is 194 g/mol. The predicted octanol–water partition coefficient (Wildman–Crippen LogP) is 1.37. The van der Waals surface area contributed by atoms with E-state index in [1.54, 1.807) is 0 Å². The van der Waals surface area contributed by atoms with Crippen molar-refractivity contribution in [2.24, 2.45) is 0 Å². The average molecular weight is 194 g/mol. The minimum Gasteiger partial charge on any atom is -0.507 e. The van der Waals surface area contributed by atoms with Crippen LogP contribution >= 0.6 is 0 Å². The highest BCUT2D eigenvalue weighted by molar-refractivity contribution is 5.81. The lowest BCUT2D eigenvalue weighted by Crippen LogP contribution is -1.97. The molecule has 1 aromatic rings. The smallest absolute Gasteiger partial charge is 0.164 e. The number of fused-ring (bicyclic) bond motifs is 1. The standard InChI is InChI=1S/C10H10O4/c11-6-7-4-9-10(5-8(7)12)14-3-1-2-13-9/h4-6,12H,1-3H2. The number of ether oxygens (including phenoxy) is 2. The van der Waals surface area contributed by atoms with Gasteiger partial charge in [-0.2, -0.15) is 0 Å². The molecule has 14 heavy (non-hydrogen) atoms. The van der Waals surface area contributed by atoms with Crippen molar-refractivity contribution in [1.29, 1.82) is 0 Å². The number of rotatable bonds is 1. The van der Waals surface area contributed by atoms with E-state index < -0.39 is 0 Å². The molecule has 0 radical (unpaired) electrons. The molecule has 1 N–H and O–H groups in total. The first-order valence-corrected chi connectivity index (χ1v) is 4.39. The second kappa shape index (κ2) is 3.57. The van der Waals surface area contributed by atoms with Crippen LogP contribution in [0, 0.1) is 0 Å². The van der Waals surface area contributed by atoms with Crippen LogP contribution in [0.5, 0.6) is 17.2 Å². The van der Waals surface area contributed by atoms with Gasteiger partial charge in [0.25, 0.3) is 0 Å². The van der Waals surface area contributed by atoms with Crippen molar-refractivity contribution in [1.82, 2.24) is 0 Å². The van der Waals surface area contributed by atoms with E-state index in [9.17, 15) is 9.90 Å². The van der Waals surface area contributed by atoms with E-state index in [2.05, 4.69) is 0 Å². The summed E-state index contributed by atoms with van der Waals surface area (Å²) < 4.78 is 10.7. The van der Waals surface area contributed by atoms with Crippen molar-refractivity contribution in [3.8, 4) is 17.2 Å². The zero-order chi connectivity index (χ0) is 9.97. The van der Waals surface area contributed by atoms with Gasteiger partial charge < -0.3 is 14.6 Å². The molecule has 1 aliphatic heterocycles. The summed E-state index contributed by atoms with van der Waals surface area (Å²) in [7, 11) is 0. The van der Waals surface area contributed by atoms with Crippen LogP contribution in [0.1, 0.15) is 16.8 Å². The van der Waals surface area contributed by atoms with E-state index in [1.165, 1.54) is 12.1 Å². The van der Waals surface area contributed by atoms with Gasteiger partial charge in [0, 0.05) is 12.5 Å². The van der Waals surface area contributed by atoms with E-state index in [0.29, 0.717) is 31.0 Å². The molecule has 0 unspecified atom stereocenters. The van der Waals surface area contributed by atoms with E-state index in [0.717, 1.165) is 6.42 Å². The summed E-state index contributed by atoms with van der Waals surface area (Å²) in [4.78, 5) is 10.5. The molecule has 0 saturated heterocycles. The fourth-order valence-electron chi connectivity index (χ4n) is 1.31. The number of phenols is 1. The summed E-state index contributed by atoms with van der Waals surface area (Å²) in [5, 5.41) is 9.39. The highest BCUT2D eigenvalue weighted by atomic mass is 16.5. The van der Waals surface area contributed by atoms with E-state index in [-0.39, 0.29) is 11.3 Å². The zero-order valence-corrected chi connectivity index (χ0v) is 7.53. The molecule has 0 aliphatic carbocycles. The lowest BCUT2D eigenvalue weighted by Gasteiger charge is -2.08. The molecule has 4 heteroatoms. The number of aldehydes is 1. The van der Waals surface area contributed by atoms with Crippen LogP contribution in [0.15, 0.2) is 12.1 Å². The van der Waals surface area contributed by atoms with E-state index in [1.807, 2.05) is 0 Å². The molecule has 0 amide bonds. The number of carbonyl (C=O) groups excluding carboxylic acids is 1. The number of carbonyl (C=O) groups is 1. The molecule has 4 nitrogen and oxygen atoms in total. The van der Waals surface area contributed by atoms with Crippen molar-refractivity contribution in [3.05, 3.63) is 17.7 Å². The molecule has 1 heterocycles. The maximum absolute atomic E-state index is 10.5. The third-order valence-corrected chi connectivity index (χ3v) is 2.02. The van der Waals surface area contributed by atoms with Gasteiger partial charge in [0.1, 0.15) is 5.75 Å². The van der Waals surface area contributed by atoms with Gasteiger partial charge in [0.2, 0.25) is 0 Å². The maximum atomic E-state index is 10.5. The molecule has 1 aromatic carbocycles. The Kier molecular flexibility index (Phi) is 2.26. The summed E-state index contributed by atoms with van der Waals surface area (Å²) in [5.74, 6) is 0.928. The fourth-order valence-corrected chi connectivity index (χ4v) is 1.31. The minimum atomic E-state index is -0.0794. The van der Waals surface area contributed by atoms with Gasteiger partial charge in [-0.1, -0.05) is 0 Å². The molecule has 0 spiro atoms. The number of hydrogen-bond acceptors (Lipinski definition) is 4. The van der Waals surface area contributed by atoms with Crippen molar-refractivity contribution in [2.45, 2.75) is 6.42 Å². The lowest BCUT2D eigenvalue weighted by molar-refractivity contribution is 0.112. The molecule has 1 aliphatic rings. The Labute approximate surface area is 81.1 Å². The second-order valence-electron chi connectivity index (χ2n) is 3.03. The van der Waals surface area contributed by atoms with E-state index in [4.69, 9.17) is 9.47 Å². The number of benzene rings is 1. The van der Waals surface area contributed by atoms with Gasteiger partial charge in [-0.15, -0.1) is 0 Å². The summed E-state index contributed by atoms with van der Waals surface area (Å²) in [6.07, 6.45) is 1.38. The van der Waals surface area contributed by atoms with Crippen molar-refractivity contribution in [2.75, 3.05) is 13.2 Å². The number of phenolic OH excluding ortho intramolecular Hbond substituents is 1. The first-order valence-electron chi connectivity index (χ1n) is 4.39. The first-order chi connectivity index (χ1) is 6.81. The molecule has 0 bridgehead atoms. The third-order valence-electron chi connectivity index (χ3n) is 2.02. The predicted molar refractivity (Wildman–Crippen MR) is 49.1 cm³/mol. The summed E-state index contributed by atoms with van der Waals surface area (Å²) in [5.41, 5.74) is 0.217. The normalized spacial score (nSPS) is 14.6. The third kappa shape index (κ3) is 1.51. The van der Waals surface area contributed by atoms with Gasteiger partial charge in [0.05, 0.1) is 18.8 Å². The molecular formula is C10H10O4. The topological polar surface area (TPSA) is 55.8 Å². The molecule has 0 saturated carbocycles. The second-order valence-corrected chi connectivity index (χ2v) is 3.03. The molecule has 0 fully saturated rings. The Bertz CT molecular complexity index is 359. The van der Waals surface area contributed by atoms with Gasteiger partial charge in [-0.25, -0.2) is 0 Å². The van der Waals surface area contributed by atoms with Crippen LogP contribution in [-0.4, -0.2) is 24.6 Å². The Morgan fingerprint density at radius 1 is 1.21 bits per heavy atom. The van der Waals surface area contributed by atoms with Crippen LogP contribution < -0.4 is 9.47 Å². The SMILES string of the molecule is O=Cc1cc2c(cc1O)OCCCO2. The fraction of sp³-hybridized carbons (Fsp3) is 0.300. The quantitative estimate of drug-likeness (QED) is 0.686. The number of aromatic hydroxyl groups is 1. The summed E-state index contributed by atoms with van der Waals surface area (Å²) in [6, 6.07) is 2.90. The highest BCUT2D eigenvalue weighted by Gasteiger charge is 2.13. The van der Waals surface area contributed by atoms with Gasteiger partial charge in [0.15, 0.2) is 17.8 Å². The van der Waals surface area contributed by atoms with Crippen LogP contribution in [0.2, 0.25) is 0 Å². The summed E-state index contributed by atoms with van der Waals surface area (Å²) in [6.45, 7) is 1.13. The van der Waals surface area contributed by atoms with Gasteiger partial charge in [-0.05, 0) is 6.07 Å². The average Bonchev–Trinajstić information content (AvgIpc) is 2.41. The van der Waals surface area contributed by atoms with Crippen LogP contribution in [-0.2, 0) is 0 Å². The Hall–Kier alpha value is -1.71.